The minimum Gasteiger partial charge on any atom is -0.366 e. The van der Waals surface area contributed by atoms with Crippen LogP contribution in [0.4, 0.5) is 17.1 Å². The maximum absolute atomic E-state index is 13.2. The molecule has 2 aliphatic heterocycles. The van der Waals surface area contributed by atoms with Crippen LogP contribution >= 0.6 is 0 Å². The van der Waals surface area contributed by atoms with Gasteiger partial charge in [0.15, 0.2) is 0 Å². The third-order valence-corrected chi connectivity index (χ3v) is 5.71. The van der Waals surface area contributed by atoms with Gasteiger partial charge in [0.2, 0.25) is 5.91 Å². The highest BCUT2D eigenvalue weighted by atomic mass is 16.6. The maximum atomic E-state index is 13.2. The average molecular weight is 365 g/mol. The standard InChI is InChI=1S/C21H23N3O3/c1-15-14-17-6-2-3-7-18(17)23(15)21(25)16-10-12-22(13-11-16)19-8-4-5-9-20(19)24(26)27/h2-9,15-16H,10-14H2,1H3. The Morgan fingerprint density at radius 1 is 1.04 bits per heavy atom. The molecule has 0 bridgehead atoms. The second kappa shape index (κ2) is 7.02. The van der Waals surface area contributed by atoms with Gasteiger partial charge in [-0.3, -0.25) is 14.9 Å². The summed E-state index contributed by atoms with van der Waals surface area (Å²) in [6.07, 6.45) is 2.34. The minimum absolute atomic E-state index is 0.0300. The minimum atomic E-state index is -0.338. The van der Waals surface area contributed by atoms with Gasteiger partial charge < -0.3 is 9.80 Å². The van der Waals surface area contributed by atoms with E-state index < -0.39 is 0 Å². The molecule has 6 heteroatoms. The lowest BCUT2D eigenvalue weighted by atomic mass is 9.94. The maximum Gasteiger partial charge on any atom is 0.292 e. The van der Waals surface area contributed by atoms with Crippen molar-refractivity contribution in [1.82, 2.24) is 0 Å². The van der Waals surface area contributed by atoms with E-state index in [9.17, 15) is 14.9 Å². The van der Waals surface area contributed by atoms with Crippen molar-refractivity contribution in [2.45, 2.75) is 32.2 Å². The molecule has 0 radical (unpaired) electrons. The molecule has 1 atom stereocenters. The number of nitro groups is 1. The number of nitrogens with zero attached hydrogens (tertiary/aromatic N) is 3. The first-order valence-corrected chi connectivity index (χ1v) is 9.45. The number of amides is 1. The number of benzene rings is 2. The quantitative estimate of drug-likeness (QED) is 0.613. The normalized spacial score (nSPS) is 19.8. The fourth-order valence-corrected chi connectivity index (χ4v) is 4.35. The van der Waals surface area contributed by atoms with Crippen LogP contribution in [0.25, 0.3) is 0 Å². The highest BCUT2D eigenvalue weighted by Gasteiger charge is 2.36. The van der Waals surface area contributed by atoms with Crippen molar-refractivity contribution in [3.05, 3.63) is 64.2 Å². The van der Waals surface area contributed by atoms with E-state index in [1.165, 1.54) is 11.6 Å². The van der Waals surface area contributed by atoms with Gasteiger partial charge in [0.1, 0.15) is 5.69 Å². The Hall–Kier alpha value is -2.89. The van der Waals surface area contributed by atoms with Crippen molar-refractivity contribution in [1.29, 1.82) is 0 Å². The molecule has 1 saturated heterocycles. The van der Waals surface area contributed by atoms with E-state index in [2.05, 4.69) is 13.0 Å². The summed E-state index contributed by atoms with van der Waals surface area (Å²) >= 11 is 0. The number of para-hydroxylation sites is 3. The molecule has 1 fully saturated rings. The molecule has 1 amide bonds. The van der Waals surface area contributed by atoms with Gasteiger partial charge in [-0.05, 0) is 43.9 Å². The largest absolute Gasteiger partial charge is 0.366 e. The summed E-state index contributed by atoms with van der Waals surface area (Å²) in [6, 6.07) is 15.1. The second-order valence-electron chi connectivity index (χ2n) is 7.40. The lowest BCUT2D eigenvalue weighted by molar-refractivity contribution is -0.384. The zero-order valence-electron chi connectivity index (χ0n) is 15.4. The molecule has 0 N–H and O–H groups in total. The predicted octanol–water partition coefficient (Wildman–Crippen LogP) is 3.79. The number of fused-ring (bicyclic) bond motifs is 1. The van der Waals surface area contributed by atoms with E-state index >= 15 is 0 Å². The van der Waals surface area contributed by atoms with Gasteiger partial charge in [-0.2, -0.15) is 0 Å². The summed E-state index contributed by atoms with van der Waals surface area (Å²) in [5, 5.41) is 11.3. The van der Waals surface area contributed by atoms with Crippen molar-refractivity contribution in [3.63, 3.8) is 0 Å². The molecule has 2 aromatic carbocycles. The smallest absolute Gasteiger partial charge is 0.292 e. The topological polar surface area (TPSA) is 66.7 Å². The summed E-state index contributed by atoms with van der Waals surface area (Å²) in [4.78, 5) is 28.1. The van der Waals surface area contributed by atoms with Crippen LogP contribution in [0.3, 0.4) is 0 Å². The molecule has 140 valence electrons. The molecular weight excluding hydrogens is 342 g/mol. The van der Waals surface area contributed by atoms with E-state index in [0.29, 0.717) is 18.8 Å². The number of hydrogen-bond donors (Lipinski definition) is 0. The molecule has 27 heavy (non-hydrogen) atoms. The molecule has 0 aliphatic carbocycles. The van der Waals surface area contributed by atoms with Gasteiger partial charge in [-0.15, -0.1) is 0 Å². The molecule has 0 saturated carbocycles. The molecule has 0 spiro atoms. The Kier molecular flexibility index (Phi) is 4.56. The molecule has 4 rings (SSSR count). The molecule has 2 heterocycles. The summed E-state index contributed by atoms with van der Waals surface area (Å²) in [5.74, 6) is 0.160. The van der Waals surface area contributed by atoms with E-state index in [4.69, 9.17) is 0 Å². The summed E-state index contributed by atoms with van der Waals surface area (Å²) in [5.41, 5.74) is 3.05. The van der Waals surface area contributed by atoms with Crippen LogP contribution < -0.4 is 9.80 Å². The summed E-state index contributed by atoms with van der Waals surface area (Å²) < 4.78 is 0. The fraction of sp³-hybridized carbons (Fsp3) is 0.381. The molecular formula is C21H23N3O3. The van der Waals surface area contributed by atoms with Crippen LogP contribution in [-0.4, -0.2) is 30.0 Å². The van der Waals surface area contributed by atoms with Gasteiger partial charge in [0, 0.05) is 36.8 Å². The Balaban J connectivity index is 1.47. The molecule has 2 aliphatic rings. The van der Waals surface area contributed by atoms with Crippen LogP contribution in [0.1, 0.15) is 25.3 Å². The third-order valence-electron chi connectivity index (χ3n) is 5.71. The Morgan fingerprint density at radius 3 is 2.37 bits per heavy atom. The summed E-state index contributed by atoms with van der Waals surface area (Å²) in [7, 11) is 0. The Bertz CT molecular complexity index is 874. The van der Waals surface area contributed by atoms with Crippen molar-refractivity contribution in [2.24, 2.45) is 5.92 Å². The number of piperidine rings is 1. The lowest BCUT2D eigenvalue weighted by Gasteiger charge is -2.35. The van der Waals surface area contributed by atoms with Crippen LogP contribution in [0.5, 0.6) is 0 Å². The Labute approximate surface area is 158 Å². The van der Waals surface area contributed by atoms with E-state index in [1.807, 2.05) is 34.1 Å². The van der Waals surface area contributed by atoms with Crippen LogP contribution in [0.15, 0.2) is 48.5 Å². The highest BCUT2D eigenvalue weighted by molar-refractivity contribution is 5.97. The first kappa shape index (κ1) is 17.5. The van der Waals surface area contributed by atoms with Gasteiger partial charge in [-0.1, -0.05) is 30.3 Å². The fourth-order valence-electron chi connectivity index (χ4n) is 4.35. The molecule has 0 aromatic heterocycles. The lowest BCUT2D eigenvalue weighted by Crippen LogP contribution is -2.44. The predicted molar refractivity (Wildman–Crippen MR) is 105 cm³/mol. The molecule has 1 unspecified atom stereocenters. The van der Waals surface area contributed by atoms with Crippen molar-refractivity contribution < 1.29 is 9.72 Å². The molecule has 2 aromatic rings. The van der Waals surface area contributed by atoms with E-state index in [1.54, 1.807) is 12.1 Å². The molecule has 6 nitrogen and oxygen atoms in total. The highest BCUT2D eigenvalue weighted by Crippen LogP contribution is 2.36. The second-order valence-corrected chi connectivity index (χ2v) is 7.40. The SMILES string of the molecule is CC1Cc2ccccc2N1C(=O)C1CCN(c2ccccc2[N+](=O)[O-])CC1. The third kappa shape index (κ3) is 3.16. The van der Waals surface area contributed by atoms with Gasteiger partial charge >= 0.3 is 0 Å². The number of anilines is 2. The summed E-state index contributed by atoms with van der Waals surface area (Å²) in [6.45, 7) is 3.41. The average Bonchev–Trinajstić information content (AvgIpc) is 3.03. The number of nitro benzene ring substituents is 1. The van der Waals surface area contributed by atoms with Crippen molar-refractivity contribution in [3.8, 4) is 0 Å². The zero-order valence-corrected chi connectivity index (χ0v) is 15.4. The number of hydrogen-bond acceptors (Lipinski definition) is 4. The first-order valence-electron chi connectivity index (χ1n) is 9.45. The van der Waals surface area contributed by atoms with E-state index in [0.717, 1.165) is 24.9 Å². The zero-order chi connectivity index (χ0) is 19.0. The first-order chi connectivity index (χ1) is 13.1. The van der Waals surface area contributed by atoms with Crippen molar-refractivity contribution >= 4 is 23.0 Å². The van der Waals surface area contributed by atoms with Crippen LogP contribution in [0.2, 0.25) is 0 Å². The number of carbonyl (C=O) groups is 1. The monoisotopic (exact) mass is 365 g/mol. The number of carbonyl (C=O) groups excluding carboxylic acids is 1. The van der Waals surface area contributed by atoms with Gasteiger partial charge in [0.25, 0.3) is 5.69 Å². The number of rotatable bonds is 3. The van der Waals surface area contributed by atoms with Crippen molar-refractivity contribution in [2.75, 3.05) is 22.9 Å². The van der Waals surface area contributed by atoms with E-state index in [-0.39, 0.29) is 28.5 Å². The Morgan fingerprint density at radius 2 is 1.67 bits per heavy atom. The van der Waals surface area contributed by atoms with Gasteiger partial charge in [0.05, 0.1) is 4.92 Å². The van der Waals surface area contributed by atoms with Crippen LogP contribution in [-0.2, 0) is 11.2 Å². The van der Waals surface area contributed by atoms with Crippen LogP contribution in [0, 0.1) is 16.0 Å². The van der Waals surface area contributed by atoms with Gasteiger partial charge in [-0.25, -0.2) is 0 Å².